The van der Waals surface area contributed by atoms with Gasteiger partial charge in [0.15, 0.2) is 6.10 Å². The Kier molecular flexibility index (Phi) is 68.6. The smallest absolute Gasteiger partial charge is 0.306 e. The molecule has 0 rings (SSSR count). The minimum Gasteiger partial charge on any atom is -0.462 e. The lowest BCUT2D eigenvalue weighted by molar-refractivity contribution is -0.167. The summed E-state index contributed by atoms with van der Waals surface area (Å²) in [6, 6.07) is 0. The van der Waals surface area contributed by atoms with Crippen LogP contribution in [0.3, 0.4) is 0 Å². The van der Waals surface area contributed by atoms with Gasteiger partial charge in [-0.25, -0.2) is 0 Å². The van der Waals surface area contributed by atoms with Crippen molar-refractivity contribution in [3.05, 3.63) is 48.6 Å². The van der Waals surface area contributed by atoms with Crippen LogP contribution in [-0.2, 0) is 28.6 Å². The lowest BCUT2D eigenvalue weighted by Crippen LogP contribution is -2.30. The molecule has 0 radical (unpaired) electrons. The van der Waals surface area contributed by atoms with E-state index in [0.29, 0.717) is 19.3 Å². The van der Waals surface area contributed by atoms with Crippen molar-refractivity contribution in [1.29, 1.82) is 0 Å². The molecular formula is C76H140O6. The maximum atomic E-state index is 13.0. The first-order valence-corrected chi connectivity index (χ1v) is 36.6. The van der Waals surface area contributed by atoms with E-state index in [0.717, 1.165) is 83.5 Å². The van der Waals surface area contributed by atoms with Crippen LogP contribution in [0.1, 0.15) is 400 Å². The summed E-state index contributed by atoms with van der Waals surface area (Å²) in [5.74, 6) is -0.833. The Morgan fingerprint density at radius 1 is 0.256 bits per heavy atom. The Morgan fingerprint density at radius 3 is 0.744 bits per heavy atom. The first-order chi connectivity index (χ1) is 40.5. The molecule has 0 amide bonds. The molecule has 0 heterocycles. The molecule has 0 N–H and O–H groups in total. The second-order valence-electron chi connectivity index (χ2n) is 24.8. The maximum absolute atomic E-state index is 13.0. The minimum atomic E-state index is -0.769. The third-order valence-electron chi connectivity index (χ3n) is 16.6. The molecule has 6 heteroatoms. The van der Waals surface area contributed by atoms with Crippen molar-refractivity contribution in [1.82, 2.24) is 0 Å². The van der Waals surface area contributed by atoms with E-state index in [1.165, 1.54) is 276 Å². The predicted molar refractivity (Wildman–Crippen MR) is 358 cm³/mol. The maximum Gasteiger partial charge on any atom is 0.306 e. The van der Waals surface area contributed by atoms with E-state index in [1.54, 1.807) is 0 Å². The van der Waals surface area contributed by atoms with Gasteiger partial charge in [0.1, 0.15) is 13.2 Å². The SMILES string of the molecule is CC/C=C\C/C=C\C/C=C\C/C=C\CCCCCCCCCCCCCCCCCCC(=O)OCC(COC(=O)CCCCCCCCCCCCCCC)OC(=O)CCCCCCCCCCCCCCCCCCCCCCCC. The van der Waals surface area contributed by atoms with Crippen LogP contribution in [0.4, 0.5) is 0 Å². The molecule has 1 unspecified atom stereocenters. The Hall–Kier alpha value is -2.63. The van der Waals surface area contributed by atoms with Gasteiger partial charge in [0.25, 0.3) is 0 Å². The summed E-state index contributed by atoms with van der Waals surface area (Å²) in [6.07, 6.45) is 90.1. The second kappa shape index (κ2) is 70.9. The number of allylic oxidation sites excluding steroid dienone is 8. The monoisotopic (exact) mass is 1150 g/mol. The van der Waals surface area contributed by atoms with E-state index in [4.69, 9.17) is 14.2 Å². The standard InChI is InChI=1S/C76H140O6/c1-4-7-10-13-16-19-22-25-27-29-31-33-35-36-37-38-39-40-41-43-44-46-48-51-54-57-60-63-66-69-75(78)81-72-73(71-80-74(77)68-65-62-59-56-53-50-24-21-18-15-12-9-6-3)82-76(79)70-67-64-61-58-55-52-49-47-45-42-34-32-30-28-26-23-20-17-14-11-8-5-2/h7,10,16,19,25,27,31,33,73H,4-6,8-9,11-15,17-18,20-24,26,28-30,32,34-72H2,1-3H3/b10-7-,19-16-,27-25-,33-31-. The average molecular weight is 1150 g/mol. The normalized spacial score (nSPS) is 12.3. The average Bonchev–Trinajstić information content (AvgIpc) is 3.47. The first kappa shape index (κ1) is 79.4. The van der Waals surface area contributed by atoms with Crippen molar-refractivity contribution in [2.45, 2.75) is 406 Å². The quantitative estimate of drug-likeness (QED) is 0.0261. The van der Waals surface area contributed by atoms with Gasteiger partial charge in [0.2, 0.25) is 0 Å². The zero-order chi connectivity index (χ0) is 59.2. The Bertz CT molecular complexity index is 1410. The molecule has 0 aliphatic carbocycles. The fourth-order valence-electron chi connectivity index (χ4n) is 11.1. The van der Waals surface area contributed by atoms with Gasteiger partial charge in [-0.1, -0.05) is 371 Å². The molecule has 0 saturated heterocycles. The zero-order valence-electron chi connectivity index (χ0n) is 55.3. The molecule has 0 fully saturated rings. The summed E-state index contributed by atoms with van der Waals surface area (Å²) < 4.78 is 17.0. The van der Waals surface area contributed by atoms with Gasteiger partial charge in [-0.05, 0) is 57.8 Å². The fourth-order valence-corrected chi connectivity index (χ4v) is 11.1. The number of carbonyl (C=O) groups excluding carboxylic acids is 3. The van der Waals surface area contributed by atoms with E-state index in [2.05, 4.69) is 69.4 Å². The third kappa shape index (κ3) is 68.2. The van der Waals surface area contributed by atoms with Gasteiger partial charge in [0, 0.05) is 19.3 Å². The van der Waals surface area contributed by atoms with Crippen LogP contribution in [-0.4, -0.2) is 37.2 Å². The van der Waals surface area contributed by atoms with E-state index < -0.39 is 6.10 Å². The highest BCUT2D eigenvalue weighted by Gasteiger charge is 2.19. The second-order valence-corrected chi connectivity index (χ2v) is 24.8. The molecule has 480 valence electrons. The molecular weight excluding hydrogens is 1010 g/mol. The highest BCUT2D eigenvalue weighted by atomic mass is 16.6. The molecule has 0 aromatic carbocycles. The third-order valence-corrected chi connectivity index (χ3v) is 16.6. The van der Waals surface area contributed by atoms with Crippen LogP contribution >= 0.6 is 0 Å². The molecule has 0 aromatic rings. The van der Waals surface area contributed by atoms with Crippen LogP contribution in [0, 0.1) is 0 Å². The van der Waals surface area contributed by atoms with E-state index in [1.807, 2.05) is 0 Å². The van der Waals surface area contributed by atoms with Crippen molar-refractivity contribution < 1.29 is 28.6 Å². The lowest BCUT2D eigenvalue weighted by Gasteiger charge is -2.18. The van der Waals surface area contributed by atoms with Crippen molar-refractivity contribution in [3.63, 3.8) is 0 Å². The van der Waals surface area contributed by atoms with Crippen LogP contribution in [0.5, 0.6) is 0 Å². The summed E-state index contributed by atoms with van der Waals surface area (Å²) in [5.41, 5.74) is 0. The number of ether oxygens (including phenoxy) is 3. The van der Waals surface area contributed by atoms with Gasteiger partial charge >= 0.3 is 17.9 Å². The van der Waals surface area contributed by atoms with Crippen molar-refractivity contribution >= 4 is 17.9 Å². The number of rotatable bonds is 68. The van der Waals surface area contributed by atoms with Gasteiger partial charge in [0.05, 0.1) is 0 Å². The Morgan fingerprint density at radius 2 is 0.476 bits per heavy atom. The Balaban J connectivity index is 4.19. The summed E-state index contributed by atoms with van der Waals surface area (Å²) in [5, 5.41) is 0. The van der Waals surface area contributed by atoms with E-state index in [9.17, 15) is 14.4 Å². The molecule has 0 aromatic heterocycles. The number of unbranched alkanes of at least 4 members (excludes halogenated alkanes) is 49. The number of hydrogen-bond donors (Lipinski definition) is 0. The van der Waals surface area contributed by atoms with Crippen LogP contribution in [0.25, 0.3) is 0 Å². The van der Waals surface area contributed by atoms with Gasteiger partial charge < -0.3 is 14.2 Å². The summed E-state index contributed by atoms with van der Waals surface area (Å²) in [6.45, 7) is 6.61. The van der Waals surface area contributed by atoms with E-state index >= 15 is 0 Å². The summed E-state index contributed by atoms with van der Waals surface area (Å²) in [7, 11) is 0. The molecule has 0 saturated carbocycles. The fraction of sp³-hybridized carbons (Fsp3) is 0.855. The van der Waals surface area contributed by atoms with Gasteiger partial charge in [-0.3, -0.25) is 14.4 Å². The zero-order valence-corrected chi connectivity index (χ0v) is 55.3. The van der Waals surface area contributed by atoms with Gasteiger partial charge in [-0.15, -0.1) is 0 Å². The molecule has 0 bridgehead atoms. The predicted octanol–water partition coefficient (Wildman–Crippen LogP) is 25.3. The van der Waals surface area contributed by atoms with Crippen LogP contribution in [0.2, 0.25) is 0 Å². The van der Waals surface area contributed by atoms with Crippen LogP contribution < -0.4 is 0 Å². The first-order valence-electron chi connectivity index (χ1n) is 36.6. The minimum absolute atomic E-state index is 0.0652. The van der Waals surface area contributed by atoms with Gasteiger partial charge in [-0.2, -0.15) is 0 Å². The Labute approximate surface area is 511 Å². The molecule has 0 aliphatic rings. The van der Waals surface area contributed by atoms with Crippen LogP contribution in [0.15, 0.2) is 48.6 Å². The molecule has 6 nitrogen and oxygen atoms in total. The van der Waals surface area contributed by atoms with Crippen molar-refractivity contribution in [3.8, 4) is 0 Å². The summed E-state index contributed by atoms with van der Waals surface area (Å²) >= 11 is 0. The molecule has 82 heavy (non-hydrogen) atoms. The molecule has 0 spiro atoms. The summed E-state index contributed by atoms with van der Waals surface area (Å²) in [4.78, 5) is 38.5. The van der Waals surface area contributed by atoms with E-state index in [-0.39, 0.29) is 31.1 Å². The van der Waals surface area contributed by atoms with Crippen molar-refractivity contribution in [2.24, 2.45) is 0 Å². The highest BCUT2D eigenvalue weighted by molar-refractivity contribution is 5.71. The number of hydrogen-bond acceptors (Lipinski definition) is 6. The number of esters is 3. The molecule has 1 atom stereocenters. The number of carbonyl (C=O) groups is 3. The van der Waals surface area contributed by atoms with Crippen molar-refractivity contribution in [2.75, 3.05) is 13.2 Å². The largest absolute Gasteiger partial charge is 0.462 e. The topological polar surface area (TPSA) is 78.9 Å². The lowest BCUT2D eigenvalue weighted by atomic mass is 10.0. The highest BCUT2D eigenvalue weighted by Crippen LogP contribution is 2.19. The molecule has 0 aliphatic heterocycles.